The molecule has 80 valence electrons. The van der Waals surface area contributed by atoms with Gasteiger partial charge in [0.1, 0.15) is 12.4 Å². The molecule has 1 aliphatic rings. The van der Waals surface area contributed by atoms with Gasteiger partial charge >= 0.3 is 0 Å². The Hall–Kier alpha value is -1.55. The number of nitrogens with one attached hydrogen (secondary N) is 1. The fourth-order valence-corrected chi connectivity index (χ4v) is 1.66. The van der Waals surface area contributed by atoms with Crippen molar-refractivity contribution in [1.82, 2.24) is 5.32 Å². The van der Waals surface area contributed by atoms with Gasteiger partial charge in [-0.05, 0) is 18.1 Å². The quantitative estimate of drug-likeness (QED) is 0.740. The van der Waals surface area contributed by atoms with Crippen molar-refractivity contribution in [2.24, 2.45) is 0 Å². The third-order valence-corrected chi connectivity index (χ3v) is 2.38. The maximum Gasteiger partial charge on any atom is 0.246 e. The van der Waals surface area contributed by atoms with E-state index in [0.29, 0.717) is 13.0 Å². The molecule has 1 fully saturated rings. The molecular weight excluding hydrogens is 194 g/mol. The number of amides is 1. The van der Waals surface area contributed by atoms with Crippen LogP contribution in [-0.2, 0) is 16.0 Å². The molecule has 1 aromatic carbocycles. The predicted octanol–water partition coefficient (Wildman–Crippen LogP) is 0.450. The highest BCUT2D eigenvalue weighted by Crippen LogP contribution is 2.17. The summed E-state index contributed by atoms with van der Waals surface area (Å²) in [5, 5.41) is 12.4. The van der Waals surface area contributed by atoms with Crippen molar-refractivity contribution in [3.05, 3.63) is 29.8 Å². The molecule has 1 heterocycles. The van der Waals surface area contributed by atoms with Crippen LogP contribution in [0.15, 0.2) is 24.3 Å². The van der Waals surface area contributed by atoms with Crippen LogP contribution in [0.3, 0.4) is 0 Å². The van der Waals surface area contributed by atoms with Crippen LogP contribution in [0.4, 0.5) is 0 Å². The summed E-state index contributed by atoms with van der Waals surface area (Å²) in [5.74, 6) is 0.166. The summed E-state index contributed by atoms with van der Waals surface area (Å²) in [6.45, 7) is 0.636. The van der Waals surface area contributed by atoms with E-state index in [1.807, 2.05) is 12.1 Å². The van der Waals surface area contributed by atoms with Crippen LogP contribution in [0.5, 0.6) is 5.75 Å². The number of aromatic hydroxyl groups is 1. The van der Waals surface area contributed by atoms with E-state index in [0.717, 1.165) is 5.56 Å². The Labute approximate surface area is 87.9 Å². The summed E-state index contributed by atoms with van der Waals surface area (Å²) >= 11 is 0. The maximum atomic E-state index is 11.0. The number of phenols is 1. The number of hydrogen-bond acceptors (Lipinski definition) is 3. The second-order valence-electron chi connectivity index (χ2n) is 3.61. The topological polar surface area (TPSA) is 58.6 Å². The van der Waals surface area contributed by atoms with Crippen LogP contribution in [0, 0.1) is 0 Å². The molecule has 0 spiro atoms. The first-order chi connectivity index (χ1) is 7.25. The highest BCUT2D eigenvalue weighted by Gasteiger charge is 2.19. The molecule has 15 heavy (non-hydrogen) atoms. The van der Waals surface area contributed by atoms with Gasteiger partial charge in [-0.25, -0.2) is 0 Å². The van der Waals surface area contributed by atoms with Crippen LogP contribution in [-0.4, -0.2) is 30.3 Å². The molecule has 0 saturated carbocycles. The van der Waals surface area contributed by atoms with Gasteiger partial charge in [-0.15, -0.1) is 0 Å². The number of morpholine rings is 1. The smallest absolute Gasteiger partial charge is 0.246 e. The zero-order valence-corrected chi connectivity index (χ0v) is 8.27. The number of hydrogen-bond donors (Lipinski definition) is 2. The Balaban J connectivity index is 2.02. The lowest BCUT2D eigenvalue weighted by Crippen LogP contribution is -2.46. The molecule has 0 radical (unpaired) electrons. The maximum absolute atomic E-state index is 11.0. The molecule has 0 aromatic heterocycles. The third kappa shape index (κ3) is 2.47. The van der Waals surface area contributed by atoms with E-state index in [2.05, 4.69) is 5.32 Å². The van der Waals surface area contributed by atoms with Crippen molar-refractivity contribution >= 4 is 5.91 Å². The van der Waals surface area contributed by atoms with Crippen molar-refractivity contribution < 1.29 is 14.6 Å². The third-order valence-electron chi connectivity index (χ3n) is 2.38. The van der Waals surface area contributed by atoms with E-state index in [4.69, 9.17) is 4.74 Å². The summed E-state index contributed by atoms with van der Waals surface area (Å²) in [6.07, 6.45) is 0.596. The van der Waals surface area contributed by atoms with E-state index in [-0.39, 0.29) is 24.3 Å². The van der Waals surface area contributed by atoms with Gasteiger partial charge in [0, 0.05) is 0 Å². The Morgan fingerprint density at radius 2 is 2.27 bits per heavy atom. The SMILES string of the molecule is O=C1COCC(Cc2ccccc2O)N1. The first kappa shape index (κ1) is 9.98. The van der Waals surface area contributed by atoms with E-state index in [1.54, 1.807) is 12.1 Å². The lowest BCUT2D eigenvalue weighted by molar-refractivity contribution is -0.131. The second-order valence-corrected chi connectivity index (χ2v) is 3.61. The van der Waals surface area contributed by atoms with Gasteiger partial charge in [0.05, 0.1) is 12.6 Å². The van der Waals surface area contributed by atoms with Crippen LogP contribution in [0.2, 0.25) is 0 Å². The fourth-order valence-electron chi connectivity index (χ4n) is 1.66. The van der Waals surface area contributed by atoms with Crippen LogP contribution >= 0.6 is 0 Å². The van der Waals surface area contributed by atoms with Gasteiger partial charge in [0.25, 0.3) is 0 Å². The Bertz CT molecular complexity index is 365. The number of phenolic OH excluding ortho intramolecular Hbond substituents is 1. The Morgan fingerprint density at radius 3 is 3.00 bits per heavy atom. The molecular formula is C11H13NO3. The Morgan fingerprint density at radius 1 is 1.47 bits per heavy atom. The summed E-state index contributed by atoms with van der Waals surface area (Å²) in [5.41, 5.74) is 0.827. The zero-order chi connectivity index (χ0) is 10.7. The molecule has 1 amide bonds. The molecule has 4 heteroatoms. The lowest BCUT2D eigenvalue weighted by Gasteiger charge is -2.23. The van der Waals surface area contributed by atoms with Gasteiger partial charge < -0.3 is 15.2 Å². The molecule has 2 N–H and O–H groups in total. The largest absolute Gasteiger partial charge is 0.508 e. The summed E-state index contributed by atoms with van der Waals surface area (Å²) < 4.78 is 5.11. The zero-order valence-electron chi connectivity index (χ0n) is 8.27. The minimum Gasteiger partial charge on any atom is -0.508 e. The van der Waals surface area contributed by atoms with Crippen LogP contribution in [0.25, 0.3) is 0 Å². The molecule has 2 rings (SSSR count). The van der Waals surface area contributed by atoms with Crippen molar-refractivity contribution in [1.29, 1.82) is 0 Å². The molecule has 1 atom stereocenters. The average Bonchev–Trinajstić information content (AvgIpc) is 2.22. The molecule has 1 aromatic rings. The number of carbonyl (C=O) groups is 1. The van der Waals surface area contributed by atoms with Gasteiger partial charge in [0.2, 0.25) is 5.91 Å². The first-order valence-electron chi connectivity index (χ1n) is 4.89. The van der Waals surface area contributed by atoms with Crippen molar-refractivity contribution in [2.75, 3.05) is 13.2 Å². The highest BCUT2D eigenvalue weighted by molar-refractivity contribution is 5.78. The molecule has 0 aliphatic carbocycles. The number of rotatable bonds is 2. The lowest BCUT2D eigenvalue weighted by atomic mass is 10.0. The second kappa shape index (κ2) is 4.31. The van der Waals surface area contributed by atoms with Crippen molar-refractivity contribution in [2.45, 2.75) is 12.5 Å². The number of para-hydroxylation sites is 1. The average molecular weight is 207 g/mol. The normalized spacial score (nSPS) is 21.1. The van der Waals surface area contributed by atoms with E-state index in [1.165, 1.54) is 0 Å². The van der Waals surface area contributed by atoms with Crippen molar-refractivity contribution in [3.63, 3.8) is 0 Å². The fraction of sp³-hybridized carbons (Fsp3) is 0.364. The minimum absolute atomic E-state index is 0.0421. The highest BCUT2D eigenvalue weighted by atomic mass is 16.5. The van der Waals surface area contributed by atoms with E-state index >= 15 is 0 Å². The van der Waals surface area contributed by atoms with Crippen LogP contribution < -0.4 is 5.32 Å². The molecule has 0 bridgehead atoms. The first-order valence-corrected chi connectivity index (χ1v) is 4.89. The monoisotopic (exact) mass is 207 g/mol. The number of carbonyl (C=O) groups excluding carboxylic acids is 1. The van der Waals surface area contributed by atoms with Crippen molar-refractivity contribution in [3.8, 4) is 5.75 Å². The number of ether oxygens (including phenoxy) is 1. The standard InChI is InChI=1S/C11H13NO3/c13-10-4-2-1-3-8(10)5-9-6-15-7-11(14)12-9/h1-4,9,13H,5-7H2,(H,12,14). The molecule has 1 saturated heterocycles. The summed E-state index contributed by atoms with van der Waals surface area (Å²) in [7, 11) is 0. The van der Waals surface area contributed by atoms with Gasteiger partial charge in [-0.3, -0.25) is 4.79 Å². The summed E-state index contributed by atoms with van der Waals surface area (Å²) in [4.78, 5) is 11.0. The molecule has 4 nitrogen and oxygen atoms in total. The van der Waals surface area contributed by atoms with E-state index < -0.39 is 0 Å². The predicted molar refractivity (Wildman–Crippen MR) is 54.6 cm³/mol. The van der Waals surface area contributed by atoms with Gasteiger partial charge in [-0.2, -0.15) is 0 Å². The van der Waals surface area contributed by atoms with Gasteiger partial charge in [0.15, 0.2) is 0 Å². The molecule has 1 unspecified atom stereocenters. The van der Waals surface area contributed by atoms with Gasteiger partial charge in [-0.1, -0.05) is 18.2 Å². The summed E-state index contributed by atoms with van der Waals surface area (Å²) in [6, 6.07) is 7.08. The van der Waals surface area contributed by atoms with Crippen LogP contribution in [0.1, 0.15) is 5.56 Å². The molecule has 1 aliphatic heterocycles. The van der Waals surface area contributed by atoms with E-state index in [9.17, 15) is 9.90 Å². The minimum atomic E-state index is -0.0957. The number of benzene rings is 1. The Kier molecular flexibility index (Phi) is 2.87.